The lowest BCUT2D eigenvalue weighted by molar-refractivity contribution is -0.163. The molecule has 2 amide bonds. The van der Waals surface area contributed by atoms with Gasteiger partial charge in [-0.2, -0.15) is 0 Å². The first-order valence-corrected chi connectivity index (χ1v) is 7.52. The second-order valence-electron chi connectivity index (χ2n) is 6.48. The molecule has 1 saturated carbocycles. The maximum atomic E-state index is 12.8. The van der Waals surface area contributed by atoms with Gasteiger partial charge in [0.1, 0.15) is 11.1 Å². The van der Waals surface area contributed by atoms with Crippen molar-refractivity contribution in [2.75, 3.05) is 6.54 Å². The number of piperazine rings is 1. The summed E-state index contributed by atoms with van der Waals surface area (Å²) < 4.78 is 0. The van der Waals surface area contributed by atoms with Crippen LogP contribution in [0, 0.1) is 5.92 Å². The van der Waals surface area contributed by atoms with E-state index in [4.69, 9.17) is 0 Å². The van der Waals surface area contributed by atoms with Crippen molar-refractivity contribution in [3.05, 3.63) is 0 Å². The zero-order chi connectivity index (χ0) is 14.3. The standard InChI is InChI=1S/C15H26N2O2/c1-5-14(3)13(19)17(10-11-8-7-9-11)15(4,6-2)12(18)16-14/h11H,5-10H2,1-4H3,(H,16,18). The number of hydrogen-bond acceptors (Lipinski definition) is 2. The van der Waals surface area contributed by atoms with Crippen LogP contribution < -0.4 is 5.32 Å². The first kappa shape index (κ1) is 14.4. The van der Waals surface area contributed by atoms with Crippen molar-refractivity contribution < 1.29 is 9.59 Å². The van der Waals surface area contributed by atoms with Gasteiger partial charge in [-0.25, -0.2) is 0 Å². The Bertz CT molecular complexity index is 392. The van der Waals surface area contributed by atoms with Crippen LogP contribution in [0.1, 0.15) is 59.8 Å². The van der Waals surface area contributed by atoms with Crippen LogP contribution in [-0.2, 0) is 9.59 Å². The van der Waals surface area contributed by atoms with E-state index in [1.807, 2.05) is 32.6 Å². The van der Waals surface area contributed by atoms with Gasteiger partial charge >= 0.3 is 0 Å². The molecular weight excluding hydrogens is 240 g/mol. The number of nitrogens with zero attached hydrogens (tertiary/aromatic N) is 1. The smallest absolute Gasteiger partial charge is 0.248 e. The second kappa shape index (κ2) is 4.80. The van der Waals surface area contributed by atoms with Crippen molar-refractivity contribution >= 4 is 11.8 Å². The predicted molar refractivity (Wildman–Crippen MR) is 74.6 cm³/mol. The molecule has 1 saturated heterocycles. The summed E-state index contributed by atoms with van der Waals surface area (Å²) >= 11 is 0. The number of carbonyl (C=O) groups is 2. The Balaban J connectivity index is 2.29. The fourth-order valence-corrected chi connectivity index (χ4v) is 2.89. The summed E-state index contributed by atoms with van der Waals surface area (Å²) in [4.78, 5) is 27.1. The molecule has 4 nitrogen and oxygen atoms in total. The van der Waals surface area contributed by atoms with Crippen LogP contribution in [0.15, 0.2) is 0 Å². The fraction of sp³-hybridized carbons (Fsp3) is 0.867. The first-order valence-electron chi connectivity index (χ1n) is 7.52. The SMILES string of the molecule is CCC1(C)NC(=O)C(C)(CC)N(CC2CCC2)C1=O. The molecule has 108 valence electrons. The monoisotopic (exact) mass is 266 g/mol. The van der Waals surface area contributed by atoms with Crippen LogP contribution in [0.5, 0.6) is 0 Å². The van der Waals surface area contributed by atoms with E-state index in [1.54, 1.807) is 0 Å². The molecular formula is C15H26N2O2. The highest BCUT2D eigenvalue weighted by Gasteiger charge is 2.53. The van der Waals surface area contributed by atoms with Gasteiger partial charge in [-0.3, -0.25) is 9.59 Å². The van der Waals surface area contributed by atoms with E-state index in [0.717, 1.165) is 6.54 Å². The minimum absolute atomic E-state index is 0.00160. The molecule has 2 atom stereocenters. The van der Waals surface area contributed by atoms with Gasteiger partial charge in [0.15, 0.2) is 0 Å². The number of amides is 2. The summed E-state index contributed by atoms with van der Waals surface area (Å²) in [5.74, 6) is 0.672. The number of carbonyl (C=O) groups excluding carboxylic acids is 2. The molecule has 4 heteroatoms. The third kappa shape index (κ3) is 2.15. The Morgan fingerprint density at radius 3 is 2.26 bits per heavy atom. The lowest BCUT2D eigenvalue weighted by Gasteiger charge is -2.51. The van der Waals surface area contributed by atoms with Crippen LogP contribution in [-0.4, -0.2) is 34.3 Å². The van der Waals surface area contributed by atoms with E-state index >= 15 is 0 Å². The highest BCUT2D eigenvalue weighted by molar-refractivity contribution is 6.01. The van der Waals surface area contributed by atoms with Gasteiger partial charge in [-0.1, -0.05) is 20.3 Å². The maximum Gasteiger partial charge on any atom is 0.248 e. The Labute approximate surface area is 115 Å². The van der Waals surface area contributed by atoms with Crippen LogP contribution in [0.4, 0.5) is 0 Å². The minimum Gasteiger partial charge on any atom is -0.340 e. The third-order valence-electron chi connectivity index (χ3n) is 5.25. The number of hydrogen-bond donors (Lipinski definition) is 1. The van der Waals surface area contributed by atoms with Crippen molar-refractivity contribution in [3.8, 4) is 0 Å². The first-order chi connectivity index (χ1) is 8.87. The van der Waals surface area contributed by atoms with E-state index in [1.165, 1.54) is 19.3 Å². The van der Waals surface area contributed by atoms with Crippen molar-refractivity contribution in [1.82, 2.24) is 10.2 Å². The molecule has 1 aliphatic carbocycles. The predicted octanol–water partition coefficient (Wildman–Crippen LogP) is 2.08. The van der Waals surface area contributed by atoms with Crippen molar-refractivity contribution in [3.63, 3.8) is 0 Å². The molecule has 1 N–H and O–H groups in total. The topological polar surface area (TPSA) is 49.4 Å². The Morgan fingerprint density at radius 2 is 1.84 bits per heavy atom. The van der Waals surface area contributed by atoms with Crippen molar-refractivity contribution in [2.24, 2.45) is 5.92 Å². The Morgan fingerprint density at radius 1 is 1.21 bits per heavy atom. The summed E-state index contributed by atoms with van der Waals surface area (Å²) in [6, 6.07) is 0. The number of nitrogens with one attached hydrogen (secondary N) is 1. The van der Waals surface area contributed by atoms with Gasteiger partial charge in [0.05, 0.1) is 0 Å². The lowest BCUT2D eigenvalue weighted by atomic mass is 9.80. The van der Waals surface area contributed by atoms with E-state index in [9.17, 15) is 9.59 Å². The fourth-order valence-electron chi connectivity index (χ4n) is 2.89. The summed E-state index contributed by atoms with van der Waals surface area (Å²) in [6.45, 7) is 8.42. The van der Waals surface area contributed by atoms with Crippen LogP contribution in [0.3, 0.4) is 0 Å². The molecule has 0 aromatic heterocycles. The van der Waals surface area contributed by atoms with Crippen LogP contribution >= 0.6 is 0 Å². The molecule has 2 fully saturated rings. The van der Waals surface area contributed by atoms with E-state index in [0.29, 0.717) is 18.8 Å². The van der Waals surface area contributed by atoms with E-state index < -0.39 is 11.1 Å². The highest BCUT2D eigenvalue weighted by Crippen LogP contribution is 2.35. The summed E-state index contributed by atoms with van der Waals surface area (Å²) in [6.07, 6.45) is 4.93. The molecule has 0 spiro atoms. The van der Waals surface area contributed by atoms with E-state index in [2.05, 4.69) is 5.32 Å². The van der Waals surface area contributed by atoms with Crippen molar-refractivity contribution in [2.45, 2.75) is 70.9 Å². The molecule has 2 rings (SSSR count). The summed E-state index contributed by atoms with van der Waals surface area (Å²) in [5.41, 5.74) is -1.41. The Kier molecular flexibility index (Phi) is 3.63. The van der Waals surface area contributed by atoms with Gasteiger partial charge in [0.25, 0.3) is 0 Å². The van der Waals surface area contributed by atoms with Crippen molar-refractivity contribution in [1.29, 1.82) is 0 Å². The minimum atomic E-state index is -0.727. The molecule has 2 unspecified atom stereocenters. The largest absolute Gasteiger partial charge is 0.340 e. The second-order valence-corrected chi connectivity index (χ2v) is 6.48. The lowest BCUT2D eigenvalue weighted by Crippen LogP contribution is -2.74. The average molecular weight is 266 g/mol. The zero-order valence-electron chi connectivity index (χ0n) is 12.6. The average Bonchev–Trinajstić information content (AvgIpc) is 2.34. The Hall–Kier alpha value is -1.06. The molecule has 0 radical (unpaired) electrons. The quantitative estimate of drug-likeness (QED) is 0.847. The molecule has 19 heavy (non-hydrogen) atoms. The maximum absolute atomic E-state index is 12.8. The van der Waals surface area contributed by atoms with E-state index in [-0.39, 0.29) is 11.8 Å². The highest BCUT2D eigenvalue weighted by atomic mass is 16.2. The summed E-state index contributed by atoms with van der Waals surface area (Å²) in [7, 11) is 0. The van der Waals surface area contributed by atoms with Gasteiger partial charge in [-0.05, 0) is 45.4 Å². The van der Waals surface area contributed by atoms with Gasteiger partial charge in [0, 0.05) is 6.54 Å². The third-order valence-corrected chi connectivity index (χ3v) is 5.25. The molecule has 2 aliphatic rings. The van der Waals surface area contributed by atoms with Gasteiger partial charge in [0.2, 0.25) is 11.8 Å². The molecule has 1 heterocycles. The normalized spacial score (nSPS) is 36.1. The molecule has 0 aromatic carbocycles. The molecule has 0 bridgehead atoms. The van der Waals surface area contributed by atoms with Gasteiger partial charge in [-0.15, -0.1) is 0 Å². The molecule has 0 aromatic rings. The summed E-state index contributed by atoms with van der Waals surface area (Å²) in [5, 5.41) is 2.94. The van der Waals surface area contributed by atoms with Crippen LogP contribution in [0.2, 0.25) is 0 Å². The molecule has 1 aliphatic heterocycles. The van der Waals surface area contributed by atoms with Gasteiger partial charge < -0.3 is 10.2 Å². The number of rotatable bonds is 4. The zero-order valence-corrected chi connectivity index (χ0v) is 12.6. The van der Waals surface area contributed by atoms with Crippen LogP contribution in [0.25, 0.3) is 0 Å².